The number of nitrogens with one attached hydrogen (secondary N) is 1. The van der Waals surface area contributed by atoms with E-state index in [2.05, 4.69) is 15.5 Å². The molecule has 1 saturated carbocycles. The van der Waals surface area contributed by atoms with Crippen LogP contribution in [-0.2, 0) is 4.79 Å². The minimum atomic E-state index is -0.814. The topological polar surface area (TPSA) is 102 Å². The van der Waals surface area contributed by atoms with Crippen molar-refractivity contribution < 1.29 is 23.1 Å². The Kier molecular flexibility index (Phi) is 5.75. The Morgan fingerprint density at radius 2 is 1.91 bits per heavy atom. The van der Waals surface area contributed by atoms with Gasteiger partial charge in [-0.25, -0.2) is 8.78 Å². The first kappa shape index (κ1) is 22.3. The molecule has 0 spiro atoms. The number of halogens is 2. The van der Waals surface area contributed by atoms with Gasteiger partial charge in [0.15, 0.2) is 11.6 Å². The predicted octanol–water partition coefficient (Wildman–Crippen LogP) is 4.28. The standard InChI is InChI=1S/C23H20F2N4O4/c1-11(30)27-28-18-7-4-12(8-16(18)24)19-17(25)9-14-20(22(19)33-3)29(13-5-6-13)10-15(21(14)31)23(32)26-2/h4,7-10,13H,5-6H2,1-3H3,(H,26,32). The van der Waals surface area contributed by atoms with E-state index in [0.29, 0.717) is 5.52 Å². The van der Waals surface area contributed by atoms with Crippen LogP contribution in [0.25, 0.3) is 22.0 Å². The Labute approximate surface area is 186 Å². The van der Waals surface area contributed by atoms with Gasteiger partial charge in [0.2, 0.25) is 5.43 Å². The first-order valence-electron chi connectivity index (χ1n) is 10.2. The van der Waals surface area contributed by atoms with Crippen LogP contribution in [-0.4, -0.2) is 30.5 Å². The van der Waals surface area contributed by atoms with Crippen molar-refractivity contribution in [1.29, 1.82) is 0 Å². The van der Waals surface area contributed by atoms with Crippen molar-refractivity contribution in [3.63, 3.8) is 0 Å². The van der Waals surface area contributed by atoms with Crippen LogP contribution in [0.5, 0.6) is 5.75 Å². The second-order valence-electron chi connectivity index (χ2n) is 7.64. The average Bonchev–Trinajstić information content (AvgIpc) is 3.62. The van der Waals surface area contributed by atoms with Crippen molar-refractivity contribution in [2.75, 3.05) is 14.2 Å². The number of hydrogen-bond acceptors (Lipinski definition) is 5. The van der Waals surface area contributed by atoms with Crippen LogP contribution in [0.15, 0.2) is 45.5 Å². The molecule has 0 unspecified atom stereocenters. The Balaban J connectivity index is 2.00. The summed E-state index contributed by atoms with van der Waals surface area (Å²) in [6.45, 7) is 1.18. The van der Waals surface area contributed by atoms with Gasteiger partial charge in [-0.1, -0.05) is 6.07 Å². The summed E-state index contributed by atoms with van der Waals surface area (Å²) in [6, 6.07) is 4.81. The number of carbonyl (C=O) groups is 2. The molecule has 4 rings (SSSR count). The van der Waals surface area contributed by atoms with Crippen LogP contribution in [0.2, 0.25) is 0 Å². The number of rotatable bonds is 5. The summed E-state index contributed by atoms with van der Waals surface area (Å²) < 4.78 is 37.2. The highest BCUT2D eigenvalue weighted by atomic mass is 19.1. The summed E-state index contributed by atoms with van der Waals surface area (Å²) in [5.74, 6) is -2.74. The smallest absolute Gasteiger partial charge is 0.261 e. The van der Waals surface area contributed by atoms with Crippen LogP contribution in [0.4, 0.5) is 14.5 Å². The van der Waals surface area contributed by atoms with Crippen molar-refractivity contribution in [1.82, 2.24) is 9.88 Å². The molecule has 0 radical (unpaired) electrons. The second-order valence-corrected chi connectivity index (χ2v) is 7.64. The Hall–Kier alpha value is -3.95. The molecule has 1 heterocycles. The lowest BCUT2D eigenvalue weighted by molar-refractivity contribution is -0.116. The van der Waals surface area contributed by atoms with E-state index in [4.69, 9.17) is 4.74 Å². The number of aromatic nitrogens is 1. The lowest BCUT2D eigenvalue weighted by Gasteiger charge is -2.19. The van der Waals surface area contributed by atoms with Gasteiger partial charge in [0.05, 0.1) is 23.6 Å². The van der Waals surface area contributed by atoms with E-state index >= 15 is 4.39 Å². The Morgan fingerprint density at radius 3 is 2.48 bits per heavy atom. The van der Waals surface area contributed by atoms with Gasteiger partial charge in [0.1, 0.15) is 17.1 Å². The third-order valence-electron chi connectivity index (χ3n) is 5.37. The number of hydrogen-bond donors (Lipinski definition) is 1. The fourth-order valence-corrected chi connectivity index (χ4v) is 3.73. The van der Waals surface area contributed by atoms with Crippen LogP contribution in [0, 0.1) is 11.6 Å². The van der Waals surface area contributed by atoms with E-state index in [1.54, 1.807) is 4.57 Å². The van der Waals surface area contributed by atoms with Crippen LogP contribution >= 0.6 is 0 Å². The normalized spacial score (nSPS) is 13.5. The molecule has 0 saturated heterocycles. The Morgan fingerprint density at radius 1 is 1.18 bits per heavy atom. The molecule has 170 valence electrons. The molecule has 33 heavy (non-hydrogen) atoms. The first-order chi connectivity index (χ1) is 15.8. The largest absolute Gasteiger partial charge is 0.494 e. The molecular weight excluding hydrogens is 434 g/mol. The molecule has 0 aliphatic heterocycles. The molecule has 1 aliphatic carbocycles. The maximum atomic E-state index is 15.3. The fraction of sp³-hybridized carbons (Fsp3) is 0.261. The van der Waals surface area contributed by atoms with Gasteiger partial charge in [-0.2, -0.15) is 0 Å². The summed E-state index contributed by atoms with van der Waals surface area (Å²) in [6.07, 6.45) is 3.11. The zero-order valence-electron chi connectivity index (χ0n) is 18.1. The molecule has 0 bridgehead atoms. The lowest BCUT2D eigenvalue weighted by Crippen LogP contribution is -2.27. The number of amides is 2. The number of benzene rings is 2. The maximum absolute atomic E-state index is 15.3. The van der Waals surface area contributed by atoms with Crippen LogP contribution in [0.1, 0.15) is 36.2 Å². The van der Waals surface area contributed by atoms with E-state index < -0.39 is 28.9 Å². The number of ether oxygens (including phenoxy) is 1. The molecule has 1 fully saturated rings. The molecule has 1 aromatic heterocycles. The number of carbonyl (C=O) groups excluding carboxylic acids is 2. The highest BCUT2D eigenvalue weighted by molar-refractivity contribution is 6.00. The maximum Gasteiger partial charge on any atom is 0.261 e. The van der Waals surface area contributed by atoms with Gasteiger partial charge >= 0.3 is 0 Å². The zero-order chi connectivity index (χ0) is 23.9. The van der Waals surface area contributed by atoms with Gasteiger partial charge < -0.3 is 14.6 Å². The van der Waals surface area contributed by atoms with Gasteiger partial charge in [0.25, 0.3) is 11.8 Å². The minimum absolute atomic E-state index is 0.00606. The molecule has 2 amide bonds. The predicted molar refractivity (Wildman–Crippen MR) is 117 cm³/mol. The number of nitrogens with zero attached hydrogens (tertiary/aromatic N) is 3. The fourth-order valence-electron chi connectivity index (χ4n) is 3.73. The van der Waals surface area contributed by atoms with Gasteiger partial charge in [-0.05, 0) is 36.6 Å². The number of methoxy groups -OCH3 is 1. The van der Waals surface area contributed by atoms with Crippen molar-refractivity contribution in [2.45, 2.75) is 25.8 Å². The van der Waals surface area contributed by atoms with Crippen molar-refractivity contribution >= 4 is 28.4 Å². The highest BCUT2D eigenvalue weighted by Crippen LogP contribution is 2.44. The monoisotopic (exact) mass is 454 g/mol. The summed E-state index contributed by atoms with van der Waals surface area (Å²) in [4.78, 5) is 36.2. The third-order valence-corrected chi connectivity index (χ3v) is 5.37. The van der Waals surface area contributed by atoms with Crippen molar-refractivity contribution in [2.24, 2.45) is 10.2 Å². The molecule has 1 N–H and O–H groups in total. The van der Waals surface area contributed by atoms with E-state index in [0.717, 1.165) is 25.0 Å². The average molecular weight is 454 g/mol. The summed E-state index contributed by atoms with van der Waals surface area (Å²) in [7, 11) is 2.74. The SMILES string of the molecule is CNC(=O)c1cn(C2CC2)c2c(OC)c(-c3ccc(N=NC(C)=O)c(F)c3)c(F)cc2c1=O. The summed E-state index contributed by atoms with van der Waals surface area (Å²) in [5.41, 5.74) is -0.473. The molecule has 3 aromatic rings. The van der Waals surface area contributed by atoms with E-state index in [9.17, 15) is 18.8 Å². The molecule has 8 nitrogen and oxygen atoms in total. The number of azo groups is 1. The van der Waals surface area contributed by atoms with Crippen LogP contribution in [0.3, 0.4) is 0 Å². The summed E-state index contributed by atoms with van der Waals surface area (Å²) in [5, 5.41) is 9.26. The molecule has 10 heteroatoms. The molecule has 1 aliphatic rings. The van der Waals surface area contributed by atoms with Gasteiger partial charge in [0, 0.05) is 26.2 Å². The van der Waals surface area contributed by atoms with E-state index in [-0.39, 0.29) is 39.6 Å². The molecule has 0 atom stereocenters. The number of pyridine rings is 1. The van der Waals surface area contributed by atoms with E-state index in [1.807, 2.05) is 0 Å². The van der Waals surface area contributed by atoms with Crippen LogP contribution < -0.4 is 15.5 Å². The highest BCUT2D eigenvalue weighted by Gasteiger charge is 2.30. The summed E-state index contributed by atoms with van der Waals surface area (Å²) >= 11 is 0. The molecule has 2 aromatic carbocycles. The van der Waals surface area contributed by atoms with Crippen molar-refractivity contribution in [3.8, 4) is 16.9 Å². The third kappa shape index (κ3) is 3.99. The second kappa shape index (κ2) is 8.53. The van der Waals surface area contributed by atoms with Gasteiger partial charge in [-0.15, -0.1) is 10.2 Å². The molecular formula is C23H20F2N4O4. The van der Waals surface area contributed by atoms with Gasteiger partial charge in [-0.3, -0.25) is 14.4 Å². The number of fused-ring (bicyclic) bond motifs is 1. The lowest BCUT2D eigenvalue weighted by atomic mass is 9.99. The van der Waals surface area contributed by atoms with Crippen molar-refractivity contribution in [3.05, 3.63) is 57.9 Å². The minimum Gasteiger partial charge on any atom is -0.494 e. The Bertz CT molecular complexity index is 1390. The first-order valence-corrected chi connectivity index (χ1v) is 10.2. The van der Waals surface area contributed by atoms with E-state index in [1.165, 1.54) is 39.4 Å². The quantitative estimate of drug-likeness (QED) is 0.582. The zero-order valence-corrected chi connectivity index (χ0v) is 18.1.